The third-order valence-corrected chi connectivity index (χ3v) is 3.73. The largest absolute Gasteiger partial charge is 0.507 e. The van der Waals surface area contributed by atoms with E-state index >= 15 is 0 Å². The summed E-state index contributed by atoms with van der Waals surface area (Å²) in [6, 6.07) is 9.28. The molecule has 0 aliphatic carbocycles. The van der Waals surface area contributed by atoms with E-state index < -0.39 is 5.97 Å². The normalized spacial score (nSPS) is 11.3. The van der Waals surface area contributed by atoms with Crippen LogP contribution in [0.15, 0.2) is 46.0 Å². The Hall–Kier alpha value is -2.05. The lowest BCUT2D eigenvalue weighted by atomic mass is 10.1. The second-order valence-corrected chi connectivity index (χ2v) is 5.79. The first-order chi connectivity index (χ1) is 10.4. The molecule has 0 fully saturated rings. The fourth-order valence-corrected chi connectivity index (χ4v) is 2.27. The zero-order chi connectivity index (χ0) is 16.3. The molecule has 0 bridgehead atoms. The van der Waals surface area contributed by atoms with Crippen LogP contribution >= 0.6 is 27.5 Å². The smallest absolute Gasteiger partial charge is 0.335 e. The summed E-state index contributed by atoms with van der Waals surface area (Å²) >= 11 is 9.33. The van der Waals surface area contributed by atoms with Crippen LogP contribution in [0.2, 0.25) is 5.02 Å². The molecule has 7 heteroatoms. The molecule has 0 spiro atoms. The average Bonchev–Trinajstić information content (AvgIpc) is 2.48. The lowest BCUT2D eigenvalue weighted by Crippen LogP contribution is -2.02. The van der Waals surface area contributed by atoms with Crippen molar-refractivity contribution in [3.63, 3.8) is 0 Å². The van der Waals surface area contributed by atoms with Gasteiger partial charge in [0.15, 0.2) is 0 Å². The first kappa shape index (κ1) is 16.3. The van der Waals surface area contributed by atoms with Gasteiger partial charge in [0.05, 0.1) is 22.0 Å². The Morgan fingerprint density at radius 2 is 2.00 bits per heavy atom. The van der Waals surface area contributed by atoms with Gasteiger partial charge in [0.25, 0.3) is 0 Å². The van der Waals surface area contributed by atoms with E-state index in [1.54, 1.807) is 25.1 Å². The Bertz CT molecular complexity index is 762. The minimum absolute atomic E-state index is 0.0941. The van der Waals surface area contributed by atoms with Gasteiger partial charge in [-0.1, -0.05) is 27.5 Å². The van der Waals surface area contributed by atoms with Gasteiger partial charge in [0, 0.05) is 10.0 Å². The number of carboxylic acid groups (broad SMARTS) is 1. The number of benzene rings is 2. The summed E-state index contributed by atoms with van der Waals surface area (Å²) in [7, 11) is 0. The summed E-state index contributed by atoms with van der Waals surface area (Å²) in [5.74, 6) is -0.957. The summed E-state index contributed by atoms with van der Waals surface area (Å²) < 4.78 is 0.806. The molecule has 114 valence electrons. The second-order valence-electron chi connectivity index (χ2n) is 4.47. The van der Waals surface area contributed by atoms with Crippen molar-refractivity contribution in [2.45, 2.75) is 6.92 Å². The number of anilines is 1. The Labute approximate surface area is 140 Å². The highest BCUT2D eigenvalue weighted by molar-refractivity contribution is 9.10. The van der Waals surface area contributed by atoms with E-state index in [0.717, 1.165) is 4.47 Å². The molecule has 22 heavy (non-hydrogen) atoms. The van der Waals surface area contributed by atoms with Gasteiger partial charge < -0.3 is 10.2 Å². The lowest BCUT2D eigenvalue weighted by Gasteiger charge is -2.08. The van der Waals surface area contributed by atoms with Crippen molar-refractivity contribution in [3.05, 3.63) is 57.0 Å². The molecule has 0 saturated carbocycles. The van der Waals surface area contributed by atoms with Crippen LogP contribution in [0.25, 0.3) is 0 Å². The summed E-state index contributed by atoms with van der Waals surface area (Å²) in [6.07, 6.45) is 0. The quantitative estimate of drug-likeness (QED) is 0.542. The molecule has 5 nitrogen and oxygen atoms in total. The zero-order valence-corrected chi connectivity index (χ0v) is 13.8. The third kappa shape index (κ3) is 3.78. The van der Waals surface area contributed by atoms with Crippen molar-refractivity contribution in [2.24, 2.45) is 5.10 Å². The van der Waals surface area contributed by atoms with Gasteiger partial charge in [-0.15, -0.1) is 0 Å². The van der Waals surface area contributed by atoms with Gasteiger partial charge in [0.2, 0.25) is 0 Å². The highest BCUT2D eigenvalue weighted by atomic mass is 79.9. The van der Waals surface area contributed by atoms with Gasteiger partial charge in [-0.3, -0.25) is 5.43 Å². The summed E-state index contributed by atoms with van der Waals surface area (Å²) in [5, 5.41) is 23.3. The van der Waals surface area contributed by atoms with Gasteiger partial charge in [0.1, 0.15) is 5.75 Å². The van der Waals surface area contributed by atoms with Crippen LogP contribution in [0.5, 0.6) is 5.75 Å². The standard InChI is InChI=1S/C15H12BrClN2O3/c1-8(11-7-10(16)3-5-14(11)20)18-19-13-6-9(15(21)22)2-4-12(13)17/h2-7,19-20H,1H3,(H,21,22)/b18-8+. The van der Waals surface area contributed by atoms with Crippen molar-refractivity contribution >= 4 is 44.9 Å². The van der Waals surface area contributed by atoms with Gasteiger partial charge >= 0.3 is 5.97 Å². The molecule has 0 radical (unpaired) electrons. The number of hydrazone groups is 1. The number of carbonyl (C=O) groups is 1. The van der Waals surface area contributed by atoms with E-state index in [-0.39, 0.29) is 11.3 Å². The van der Waals surface area contributed by atoms with E-state index in [1.165, 1.54) is 18.2 Å². The maximum atomic E-state index is 11.0. The Morgan fingerprint density at radius 1 is 1.27 bits per heavy atom. The van der Waals surface area contributed by atoms with Crippen LogP contribution in [0.3, 0.4) is 0 Å². The molecule has 0 aliphatic rings. The molecule has 0 unspecified atom stereocenters. The topological polar surface area (TPSA) is 81.9 Å². The van der Waals surface area contributed by atoms with Crippen LogP contribution in [0.1, 0.15) is 22.8 Å². The van der Waals surface area contributed by atoms with Crippen molar-refractivity contribution in [2.75, 3.05) is 5.43 Å². The maximum absolute atomic E-state index is 11.0. The number of nitrogens with one attached hydrogen (secondary N) is 1. The Kier molecular flexibility index (Phi) is 5.05. The number of aromatic carboxylic acids is 1. The van der Waals surface area contributed by atoms with Crippen LogP contribution < -0.4 is 5.43 Å². The summed E-state index contributed by atoms with van der Waals surface area (Å²) in [6.45, 7) is 1.71. The number of phenolic OH excluding ortho intramolecular Hbond substituents is 1. The zero-order valence-electron chi connectivity index (χ0n) is 11.5. The number of rotatable bonds is 4. The van der Waals surface area contributed by atoms with Crippen molar-refractivity contribution < 1.29 is 15.0 Å². The minimum atomic E-state index is -1.05. The van der Waals surface area contributed by atoms with Crippen molar-refractivity contribution in [1.82, 2.24) is 0 Å². The lowest BCUT2D eigenvalue weighted by molar-refractivity contribution is 0.0697. The Morgan fingerprint density at radius 3 is 2.68 bits per heavy atom. The van der Waals surface area contributed by atoms with Crippen molar-refractivity contribution in [1.29, 1.82) is 0 Å². The molecule has 0 heterocycles. The van der Waals surface area contributed by atoms with E-state index in [9.17, 15) is 9.90 Å². The van der Waals surface area contributed by atoms with Crippen LogP contribution in [-0.4, -0.2) is 21.9 Å². The number of hydrogen-bond acceptors (Lipinski definition) is 4. The second kappa shape index (κ2) is 6.81. The van der Waals surface area contributed by atoms with E-state index in [1.807, 2.05) is 0 Å². The molecule has 2 rings (SSSR count). The van der Waals surface area contributed by atoms with E-state index in [0.29, 0.717) is 22.0 Å². The predicted molar refractivity (Wildman–Crippen MR) is 90.1 cm³/mol. The number of hydrogen-bond donors (Lipinski definition) is 3. The van der Waals surface area contributed by atoms with Crippen LogP contribution in [-0.2, 0) is 0 Å². The van der Waals surface area contributed by atoms with Crippen LogP contribution in [0, 0.1) is 0 Å². The molecular weight excluding hydrogens is 372 g/mol. The fourth-order valence-electron chi connectivity index (χ4n) is 1.75. The summed E-state index contributed by atoms with van der Waals surface area (Å²) in [4.78, 5) is 11.0. The summed E-state index contributed by atoms with van der Waals surface area (Å²) in [5.41, 5.74) is 4.26. The minimum Gasteiger partial charge on any atom is -0.507 e. The van der Waals surface area contributed by atoms with Gasteiger partial charge in [-0.25, -0.2) is 4.79 Å². The average molecular weight is 384 g/mol. The number of nitrogens with zero attached hydrogens (tertiary/aromatic N) is 1. The number of carboxylic acids is 1. The maximum Gasteiger partial charge on any atom is 0.335 e. The van der Waals surface area contributed by atoms with E-state index in [2.05, 4.69) is 26.5 Å². The first-order valence-electron chi connectivity index (χ1n) is 6.20. The number of aromatic hydroxyl groups is 1. The van der Waals surface area contributed by atoms with Crippen LogP contribution in [0.4, 0.5) is 5.69 Å². The highest BCUT2D eigenvalue weighted by Gasteiger charge is 2.08. The fraction of sp³-hybridized carbons (Fsp3) is 0.0667. The van der Waals surface area contributed by atoms with Crippen molar-refractivity contribution in [3.8, 4) is 5.75 Å². The van der Waals surface area contributed by atoms with E-state index in [4.69, 9.17) is 16.7 Å². The SMILES string of the molecule is C/C(=N\Nc1cc(C(=O)O)ccc1Cl)c1cc(Br)ccc1O. The monoisotopic (exact) mass is 382 g/mol. The molecule has 0 aromatic heterocycles. The Balaban J connectivity index is 2.29. The molecule has 2 aromatic carbocycles. The van der Waals surface area contributed by atoms with Gasteiger partial charge in [-0.05, 0) is 43.3 Å². The molecule has 3 N–H and O–H groups in total. The predicted octanol–water partition coefficient (Wildman–Crippen LogP) is 4.34. The molecule has 2 aromatic rings. The molecule has 0 atom stereocenters. The third-order valence-electron chi connectivity index (χ3n) is 2.91. The molecule has 0 aliphatic heterocycles. The highest BCUT2D eigenvalue weighted by Crippen LogP contribution is 2.25. The molecular formula is C15H12BrClN2O3. The van der Waals surface area contributed by atoms with Gasteiger partial charge in [-0.2, -0.15) is 5.10 Å². The number of halogens is 2. The molecule has 0 amide bonds. The molecule has 0 saturated heterocycles. The first-order valence-corrected chi connectivity index (χ1v) is 7.37. The number of phenols is 1.